The van der Waals surface area contributed by atoms with Crippen molar-refractivity contribution in [3.8, 4) is 0 Å². The Morgan fingerprint density at radius 3 is 2.10 bits per heavy atom. The molecule has 5 saturated carbocycles. The van der Waals surface area contributed by atoms with Gasteiger partial charge in [-0.2, -0.15) is 0 Å². The molecule has 0 saturated heterocycles. The lowest BCUT2D eigenvalue weighted by Gasteiger charge is -2.65. The molecule has 5 rings (SSSR count). The fourth-order valence-electron chi connectivity index (χ4n) is 6.66. The van der Waals surface area contributed by atoms with Crippen molar-refractivity contribution in [2.24, 2.45) is 27.9 Å². The van der Waals surface area contributed by atoms with Gasteiger partial charge in [0.25, 0.3) is 0 Å². The second-order valence-electron chi connectivity index (χ2n) is 9.31. The zero-order valence-corrected chi connectivity index (χ0v) is 13.9. The minimum Gasteiger partial charge on any atom is -0.392 e. The van der Waals surface area contributed by atoms with Crippen molar-refractivity contribution in [2.45, 2.75) is 70.8 Å². The van der Waals surface area contributed by atoms with Crippen molar-refractivity contribution in [1.29, 1.82) is 0 Å². The van der Waals surface area contributed by atoms with Gasteiger partial charge in [-0.25, -0.2) is 0 Å². The Hall–Kier alpha value is -0.640. The summed E-state index contributed by atoms with van der Waals surface area (Å²) in [5, 5.41) is 3.45. The molecule has 2 unspecified atom stereocenters. The van der Waals surface area contributed by atoms with Gasteiger partial charge < -0.3 is 11.1 Å². The van der Waals surface area contributed by atoms with Crippen LogP contribution in [0.5, 0.6) is 0 Å². The molecule has 3 N–H and O–H groups in total. The van der Waals surface area contributed by atoms with Crippen LogP contribution >= 0.6 is 12.2 Å². The molecule has 5 fully saturated rings. The Kier molecular flexibility index (Phi) is 2.54. The number of rotatable bonds is 3. The number of thiocarbonyl (C=S) groups is 1. The summed E-state index contributed by atoms with van der Waals surface area (Å²) in [5.74, 6) is 0.903. The number of carbonyl (C=O) groups is 1. The van der Waals surface area contributed by atoms with Crippen LogP contribution < -0.4 is 11.1 Å². The molecule has 0 aromatic carbocycles. The summed E-state index contributed by atoms with van der Waals surface area (Å²) in [4.78, 5) is 13.2. The fourth-order valence-corrected chi connectivity index (χ4v) is 6.95. The highest BCUT2D eigenvalue weighted by atomic mass is 32.1. The average molecular weight is 306 g/mol. The van der Waals surface area contributed by atoms with Crippen LogP contribution in [0.2, 0.25) is 0 Å². The van der Waals surface area contributed by atoms with Crippen LogP contribution in [0.25, 0.3) is 0 Å². The third kappa shape index (κ3) is 1.97. The molecule has 0 aromatic rings. The van der Waals surface area contributed by atoms with Crippen molar-refractivity contribution < 1.29 is 4.79 Å². The van der Waals surface area contributed by atoms with Crippen molar-refractivity contribution in [1.82, 2.24) is 5.32 Å². The number of carbonyl (C=O) groups excluding carboxylic acids is 1. The first kappa shape index (κ1) is 14.0. The highest BCUT2D eigenvalue weighted by Crippen LogP contribution is 2.66. The van der Waals surface area contributed by atoms with Crippen LogP contribution in [0.3, 0.4) is 0 Å². The summed E-state index contributed by atoms with van der Waals surface area (Å²) in [6.07, 6.45) is 9.15. The van der Waals surface area contributed by atoms with Gasteiger partial charge in [0.1, 0.15) is 0 Å². The van der Waals surface area contributed by atoms with Gasteiger partial charge in [0.2, 0.25) is 5.91 Å². The number of hydrogen-bond donors (Lipinski definition) is 2. The largest absolute Gasteiger partial charge is 0.392 e. The Labute approximate surface area is 132 Å². The van der Waals surface area contributed by atoms with Gasteiger partial charge in [0.05, 0.1) is 10.4 Å². The quantitative estimate of drug-likeness (QED) is 0.788. The van der Waals surface area contributed by atoms with E-state index in [1.807, 2.05) is 0 Å². The molecule has 5 aliphatic carbocycles. The van der Waals surface area contributed by atoms with E-state index < -0.39 is 5.41 Å². The van der Waals surface area contributed by atoms with E-state index in [9.17, 15) is 4.79 Å². The van der Waals surface area contributed by atoms with Gasteiger partial charge in [-0.15, -0.1) is 0 Å². The lowest BCUT2D eigenvalue weighted by Crippen LogP contribution is -2.66. The van der Waals surface area contributed by atoms with E-state index in [0.717, 1.165) is 38.0 Å². The highest BCUT2D eigenvalue weighted by molar-refractivity contribution is 7.80. The van der Waals surface area contributed by atoms with Crippen molar-refractivity contribution >= 4 is 23.1 Å². The number of amides is 1. The average Bonchev–Trinajstić information content (AvgIpc) is 3.02. The van der Waals surface area contributed by atoms with E-state index in [2.05, 4.69) is 19.2 Å². The molecule has 0 aliphatic heterocycles. The molecule has 0 radical (unpaired) electrons. The number of nitrogens with two attached hydrogens (primary N) is 1. The van der Waals surface area contributed by atoms with Crippen molar-refractivity contribution in [3.63, 3.8) is 0 Å². The fraction of sp³-hybridized carbons (Fsp3) is 0.882. The van der Waals surface area contributed by atoms with Gasteiger partial charge in [-0.3, -0.25) is 4.79 Å². The van der Waals surface area contributed by atoms with Crippen LogP contribution in [0.15, 0.2) is 0 Å². The molecule has 21 heavy (non-hydrogen) atoms. The normalized spacial score (nSPS) is 49.0. The van der Waals surface area contributed by atoms with E-state index in [1.165, 1.54) is 19.3 Å². The van der Waals surface area contributed by atoms with E-state index >= 15 is 0 Å². The number of nitrogens with one attached hydrogen (secondary N) is 1. The van der Waals surface area contributed by atoms with E-state index in [-0.39, 0.29) is 11.4 Å². The topological polar surface area (TPSA) is 55.1 Å². The smallest absolute Gasteiger partial charge is 0.233 e. The predicted molar refractivity (Wildman–Crippen MR) is 86.7 cm³/mol. The maximum atomic E-state index is 12.8. The summed E-state index contributed by atoms with van der Waals surface area (Å²) in [6.45, 7) is 4.86. The molecule has 116 valence electrons. The van der Waals surface area contributed by atoms with E-state index in [4.69, 9.17) is 18.0 Å². The zero-order valence-electron chi connectivity index (χ0n) is 13.1. The molecule has 1 amide bonds. The Morgan fingerprint density at radius 1 is 1.10 bits per heavy atom. The van der Waals surface area contributed by atoms with Gasteiger partial charge in [-0.1, -0.05) is 26.1 Å². The molecule has 4 heteroatoms. The summed E-state index contributed by atoms with van der Waals surface area (Å²) in [7, 11) is 0. The van der Waals surface area contributed by atoms with Crippen LogP contribution in [-0.2, 0) is 4.79 Å². The molecule has 5 aliphatic rings. The third-order valence-corrected chi connectivity index (χ3v) is 7.05. The van der Waals surface area contributed by atoms with Crippen LogP contribution in [0.4, 0.5) is 0 Å². The maximum absolute atomic E-state index is 12.8. The minimum atomic E-state index is -0.513. The van der Waals surface area contributed by atoms with Crippen molar-refractivity contribution in [3.05, 3.63) is 0 Å². The summed E-state index contributed by atoms with van der Waals surface area (Å²) < 4.78 is 0. The monoisotopic (exact) mass is 306 g/mol. The second-order valence-corrected chi connectivity index (χ2v) is 9.75. The van der Waals surface area contributed by atoms with Crippen molar-refractivity contribution in [2.75, 3.05) is 0 Å². The van der Waals surface area contributed by atoms with E-state index in [0.29, 0.717) is 15.8 Å². The van der Waals surface area contributed by atoms with Gasteiger partial charge in [0, 0.05) is 5.54 Å². The maximum Gasteiger partial charge on any atom is 0.233 e. The Balaban J connectivity index is 1.60. The number of hydrogen-bond acceptors (Lipinski definition) is 2. The summed E-state index contributed by atoms with van der Waals surface area (Å²) in [5.41, 5.74) is 6.16. The van der Waals surface area contributed by atoms with Crippen LogP contribution in [0, 0.1) is 22.2 Å². The molecular weight excluding hydrogens is 280 g/mol. The van der Waals surface area contributed by atoms with Crippen LogP contribution in [0.1, 0.15) is 65.2 Å². The molecule has 3 nitrogen and oxygen atoms in total. The summed E-state index contributed by atoms with van der Waals surface area (Å²) >= 11 is 5.14. The predicted octanol–water partition coefficient (Wildman–Crippen LogP) is 2.92. The standard InChI is InChI=1S/C17H26N2OS/c1-14-5-11-6-15(2,8-14)10-16(7-11,9-14)19-13(20)17(3-4-17)12(18)21/h11H,3-10H2,1-2H3,(H2,18,21)(H,19,20). The highest BCUT2D eigenvalue weighted by Gasteiger charge is 2.62. The molecule has 0 heterocycles. The molecule has 0 spiro atoms. The molecule has 4 bridgehead atoms. The Bertz CT molecular complexity index is 521. The first-order valence-electron chi connectivity index (χ1n) is 8.31. The third-order valence-electron chi connectivity index (χ3n) is 6.66. The molecule has 0 aromatic heterocycles. The van der Waals surface area contributed by atoms with Gasteiger partial charge in [0.15, 0.2) is 0 Å². The lowest BCUT2D eigenvalue weighted by molar-refractivity contribution is -0.142. The SMILES string of the molecule is CC12CC3CC(C)(C1)CC(NC(=O)C1(C(N)=S)CC1)(C3)C2. The Morgan fingerprint density at radius 2 is 1.67 bits per heavy atom. The lowest BCUT2D eigenvalue weighted by atomic mass is 9.42. The first-order valence-corrected chi connectivity index (χ1v) is 8.72. The zero-order chi connectivity index (χ0) is 15.1. The van der Waals surface area contributed by atoms with E-state index in [1.54, 1.807) is 0 Å². The first-order chi connectivity index (χ1) is 9.69. The van der Waals surface area contributed by atoms with Crippen LogP contribution in [-0.4, -0.2) is 16.4 Å². The second kappa shape index (κ2) is 3.81. The summed E-state index contributed by atoms with van der Waals surface area (Å²) in [6, 6.07) is 0. The molecular formula is C17H26N2OS. The molecule has 2 atom stereocenters. The van der Waals surface area contributed by atoms with Gasteiger partial charge in [-0.05, 0) is 68.1 Å². The van der Waals surface area contributed by atoms with Gasteiger partial charge >= 0.3 is 0 Å². The minimum absolute atomic E-state index is 0.0143.